The number of para-hydroxylation sites is 1. The van der Waals surface area contributed by atoms with Crippen molar-refractivity contribution in [3.63, 3.8) is 0 Å². The SMILES string of the molecule is Cc1nc2cc(C(=O)N3CCN(C(=O)OC(C)(C)C)CC3)ccc2n1-c1ccccc1. The van der Waals surface area contributed by atoms with Crippen LogP contribution < -0.4 is 0 Å². The normalized spacial score (nSPS) is 14.7. The Hall–Kier alpha value is -3.35. The van der Waals surface area contributed by atoms with Crippen LogP contribution in [0.1, 0.15) is 37.0 Å². The van der Waals surface area contributed by atoms with Gasteiger partial charge in [0.2, 0.25) is 0 Å². The second kappa shape index (κ2) is 8.06. The Morgan fingerprint density at radius 1 is 0.935 bits per heavy atom. The van der Waals surface area contributed by atoms with Crippen molar-refractivity contribution in [2.24, 2.45) is 0 Å². The number of aryl methyl sites for hydroxylation is 1. The Bertz CT molecular complexity index is 1110. The van der Waals surface area contributed by atoms with E-state index in [-0.39, 0.29) is 12.0 Å². The molecule has 0 spiro atoms. The Morgan fingerprint density at radius 3 is 2.23 bits per heavy atom. The fourth-order valence-corrected chi connectivity index (χ4v) is 3.84. The van der Waals surface area contributed by atoms with Crippen LogP contribution >= 0.6 is 0 Å². The third-order valence-corrected chi connectivity index (χ3v) is 5.30. The molecule has 0 radical (unpaired) electrons. The molecule has 4 rings (SSSR count). The zero-order valence-electron chi connectivity index (χ0n) is 18.5. The standard InChI is InChI=1S/C24H28N4O3/c1-17-25-20-16-18(10-11-21(20)28(17)19-8-6-5-7-9-19)22(29)26-12-14-27(15-13-26)23(30)31-24(2,3)4/h5-11,16H,12-15H2,1-4H3. The average Bonchev–Trinajstić information content (AvgIpc) is 3.07. The molecule has 1 aliphatic heterocycles. The maximum absolute atomic E-state index is 13.1. The first-order valence-electron chi connectivity index (χ1n) is 10.5. The smallest absolute Gasteiger partial charge is 0.410 e. The van der Waals surface area contributed by atoms with Gasteiger partial charge in [0.05, 0.1) is 11.0 Å². The molecule has 3 aromatic rings. The summed E-state index contributed by atoms with van der Waals surface area (Å²) in [5, 5.41) is 0. The summed E-state index contributed by atoms with van der Waals surface area (Å²) < 4.78 is 7.52. The van der Waals surface area contributed by atoms with Crippen LogP contribution in [0.25, 0.3) is 16.7 Å². The minimum atomic E-state index is -0.527. The molecular weight excluding hydrogens is 392 g/mol. The van der Waals surface area contributed by atoms with E-state index in [4.69, 9.17) is 4.74 Å². The Labute approximate surface area is 182 Å². The van der Waals surface area contributed by atoms with Crippen molar-refractivity contribution >= 4 is 23.0 Å². The first-order valence-corrected chi connectivity index (χ1v) is 10.5. The Morgan fingerprint density at radius 2 is 1.58 bits per heavy atom. The molecule has 1 fully saturated rings. The second-order valence-corrected chi connectivity index (χ2v) is 8.79. The molecule has 0 unspecified atom stereocenters. The number of rotatable bonds is 2. The quantitative estimate of drug-likeness (QED) is 0.628. The summed E-state index contributed by atoms with van der Waals surface area (Å²) in [5.41, 5.74) is 2.88. The van der Waals surface area contributed by atoms with Gasteiger partial charge in [-0.2, -0.15) is 0 Å². The van der Waals surface area contributed by atoms with Crippen LogP contribution in [0.2, 0.25) is 0 Å². The van der Waals surface area contributed by atoms with Crippen molar-refractivity contribution in [2.75, 3.05) is 26.2 Å². The highest BCUT2D eigenvalue weighted by atomic mass is 16.6. The summed E-state index contributed by atoms with van der Waals surface area (Å²) in [6, 6.07) is 15.7. The van der Waals surface area contributed by atoms with Crippen LogP contribution in [0.3, 0.4) is 0 Å². The van der Waals surface area contributed by atoms with Crippen LogP contribution in [0, 0.1) is 6.92 Å². The molecule has 0 N–H and O–H groups in total. The van der Waals surface area contributed by atoms with Crippen LogP contribution in [-0.2, 0) is 4.74 Å². The highest BCUT2D eigenvalue weighted by Gasteiger charge is 2.28. The van der Waals surface area contributed by atoms with E-state index in [1.54, 1.807) is 9.80 Å². The molecule has 2 aromatic carbocycles. The van der Waals surface area contributed by atoms with E-state index >= 15 is 0 Å². The Kier molecular flexibility index (Phi) is 5.43. The number of carbonyl (C=O) groups is 2. The lowest BCUT2D eigenvalue weighted by Gasteiger charge is -2.35. The first-order chi connectivity index (χ1) is 14.7. The number of hydrogen-bond donors (Lipinski definition) is 0. The number of amides is 2. The minimum absolute atomic E-state index is 0.0438. The lowest BCUT2D eigenvalue weighted by molar-refractivity contribution is 0.0141. The summed E-state index contributed by atoms with van der Waals surface area (Å²) in [7, 11) is 0. The van der Waals surface area contributed by atoms with Gasteiger partial charge in [0.1, 0.15) is 11.4 Å². The van der Waals surface area contributed by atoms with Crippen LogP contribution in [-0.4, -0.2) is 63.1 Å². The van der Waals surface area contributed by atoms with Gasteiger partial charge < -0.3 is 14.5 Å². The predicted octanol–water partition coefficient (Wildman–Crippen LogP) is 4.03. The van der Waals surface area contributed by atoms with Crippen LogP contribution in [0.15, 0.2) is 48.5 Å². The van der Waals surface area contributed by atoms with Gasteiger partial charge in [0.25, 0.3) is 5.91 Å². The molecule has 7 nitrogen and oxygen atoms in total. The van der Waals surface area contributed by atoms with Crippen molar-refractivity contribution in [3.8, 4) is 5.69 Å². The summed E-state index contributed by atoms with van der Waals surface area (Å²) >= 11 is 0. The molecule has 1 aliphatic rings. The third-order valence-electron chi connectivity index (χ3n) is 5.30. The molecule has 0 aliphatic carbocycles. The fraction of sp³-hybridized carbons (Fsp3) is 0.375. The van der Waals surface area contributed by atoms with Gasteiger partial charge in [0, 0.05) is 37.4 Å². The molecule has 2 amide bonds. The van der Waals surface area contributed by atoms with Crippen LogP contribution in [0.4, 0.5) is 4.79 Å². The number of nitrogens with zero attached hydrogens (tertiary/aromatic N) is 4. The van der Waals surface area contributed by atoms with E-state index in [0.29, 0.717) is 31.7 Å². The average molecular weight is 421 g/mol. The van der Waals surface area contributed by atoms with E-state index in [1.165, 1.54) is 0 Å². The van der Waals surface area contributed by atoms with Gasteiger partial charge in [-0.15, -0.1) is 0 Å². The first kappa shape index (κ1) is 20.9. The summed E-state index contributed by atoms with van der Waals surface area (Å²) in [5.74, 6) is 0.828. The van der Waals surface area contributed by atoms with E-state index in [9.17, 15) is 9.59 Å². The molecule has 0 bridgehead atoms. The Balaban J connectivity index is 1.49. The van der Waals surface area contributed by atoms with E-state index < -0.39 is 5.60 Å². The van der Waals surface area contributed by atoms with Gasteiger partial charge in [-0.3, -0.25) is 9.36 Å². The topological polar surface area (TPSA) is 67.7 Å². The van der Waals surface area contributed by atoms with E-state index in [1.807, 2.05) is 76.2 Å². The van der Waals surface area contributed by atoms with Gasteiger partial charge in [0.15, 0.2) is 0 Å². The molecule has 7 heteroatoms. The highest BCUT2D eigenvalue weighted by Crippen LogP contribution is 2.23. The number of aromatic nitrogens is 2. The van der Waals surface area contributed by atoms with Gasteiger partial charge in [-0.05, 0) is 58.0 Å². The van der Waals surface area contributed by atoms with Crippen LogP contribution in [0.5, 0.6) is 0 Å². The van der Waals surface area contributed by atoms with Crippen molar-refractivity contribution in [2.45, 2.75) is 33.3 Å². The van der Waals surface area contributed by atoms with E-state index in [2.05, 4.69) is 9.55 Å². The molecular formula is C24H28N4O3. The molecule has 0 atom stereocenters. The fourth-order valence-electron chi connectivity index (χ4n) is 3.84. The summed E-state index contributed by atoms with van der Waals surface area (Å²) in [6.45, 7) is 9.39. The molecule has 1 saturated heterocycles. The highest BCUT2D eigenvalue weighted by molar-refractivity contribution is 5.97. The van der Waals surface area contributed by atoms with Crippen molar-refractivity contribution in [1.29, 1.82) is 0 Å². The predicted molar refractivity (Wildman–Crippen MR) is 120 cm³/mol. The zero-order valence-corrected chi connectivity index (χ0v) is 18.5. The lowest BCUT2D eigenvalue weighted by atomic mass is 10.1. The van der Waals surface area contributed by atoms with Gasteiger partial charge in [-0.25, -0.2) is 9.78 Å². The third kappa shape index (κ3) is 4.40. The van der Waals surface area contributed by atoms with Crippen molar-refractivity contribution in [3.05, 3.63) is 59.9 Å². The molecule has 1 aromatic heterocycles. The second-order valence-electron chi connectivity index (χ2n) is 8.79. The molecule has 162 valence electrons. The molecule has 0 saturated carbocycles. The zero-order chi connectivity index (χ0) is 22.2. The van der Waals surface area contributed by atoms with Gasteiger partial charge in [-0.1, -0.05) is 18.2 Å². The number of piperazine rings is 1. The number of hydrogen-bond acceptors (Lipinski definition) is 4. The van der Waals surface area contributed by atoms with Crippen molar-refractivity contribution in [1.82, 2.24) is 19.4 Å². The molecule has 2 heterocycles. The summed E-state index contributed by atoms with van der Waals surface area (Å²) in [6.07, 6.45) is -0.331. The maximum atomic E-state index is 13.1. The lowest BCUT2D eigenvalue weighted by Crippen LogP contribution is -2.51. The summed E-state index contributed by atoms with van der Waals surface area (Å²) in [4.78, 5) is 33.4. The number of ether oxygens (including phenoxy) is 1. The maximum Gasteiger partial charge on any atom is 0.410 e. The molecule has 31 heavy (non-hydrogen) atoms. The monoisotopic (exact) mass is 420 g/mol. The minimum Gasteiger partial charge on any atom is -0.444 e. The number of carbonyl (C=O) groups excluding carboxylic acids is 2. The number of fused-ring (bicyclic) bond motifs is 1. The largest absolute Gasteiger partial charge is 0.444 e. The van der Waals surface area contributed by atoms with Crippen molar-refractivity contribution < 1.29 is 14.3 Å². The van der Waals surface area contributed by atoms with Gasteiger partial charge >= 0.3 is 6.09 Å². The number of imidazole rings is 1. The van der Waals surface area contributed by atoms with E-state index in [0.717, 1.165) is 22.5 Å². The number of benzene rings is 2.